The molecule has 0 amide bonds. The molecule has 0 aliphatic heterocycles. The van der Waals surface area contributed by atoms with E-state index in [1.165, 1.54) is 22.3 Å². The van der Waals surface area contributed by atoms with Gasteiger partial charge < -0.3 is 14.0 Å². The minimum atomic E-state index is -1.86. The van der Waals surface area contributed by atoms with Crippen LogP contribution in [0, 0.1) is 25.1 Å². The predicted octanol–water partition coefficient (Wildman–Crippen LogP) is 13.3. The van der Waals surface area contributed by atoms with E-state index < -0.39 is 13.3 Å². The van der Waals surface area contributed by atoms with Crippen molar-refractivity contribution in [1.82, 2.24) is 19.5 Å². The summed E-state index contributed by atoms with van der Waals surface area (Å²) < 4.78 is 10.2. The Morgan fingerprint density at radius 2 is 1.53 bits per heavy atom. The van der Waals surface area contributed by atoms with Gasteiger partial charge in [0.2, 0.25) is 0 Å². The fourth-order valence-corrected chi connectivity index (χ4v) is 11.3. The van der Waals surface area contributed by atoms with E-state index in [4.69, 9.17) is 14.4 Å². The summed E-state index contributed by atoms with van der Waals surface area (Å²) >= 11 is -1.86. The molecule has 0 fully saturated rings. The number of aromatic nitrogens is 4. The van der Waals surface area contributed by atoms with Gasteiger partial charge in [0.25, 0.3) is 0 Å². The van der Waals surface area contributed by atoms with Gasteiger partial charge in [0.1, 0.15) is 5.58 Å². The number of furan rings is 1. The molecule has 0 saturated carbocycles. The smallest absolute Gasteiger partial charge is 0.121 e. The van der Waals surface area contributed by atoms with E-state index in [0.29, 0.717) is 5.92 Å². The zero-order chi connectivity index (χ0) is 41.5. The van der Waals surface area contributed by atoms with Crippen molar-refractivity contribution < 1.29 is 24.5 Å². The van der Waals surface area contributed by atoms with Gasteiger partial charge in [-0.2, -0.15) is 0 Å². The van der Waals surface area contributed by atoms with Gasteiger partial charge in [-0.05, 0) is 88.3 Å². The summed E-state index contributed by atoms with van der Waals surface area (Å²) in [5, 5.41) is 2.01. The fraction of sp³-hybridized carbons (Fsp3) is 0.226. The number of pyridine rings is 2. The first kappa shape index (κ1) is 43.0. The molecule has 7 heteroatoms. The first-order valence-electron chi connectivity index (χ1n) is 20.6. The van der Waals surface area contributed by atoms with E-state index in [0.717, 1.165) is 73.3 Å². The van der Waals surface area contributed by atoms with Crippen molar-refractivity contribution in [1.29, 1.82) is 0 Å². The van der Waals surface area contributed by atoms with Crippen LogP contribution in [0.1, 0.15) is 51.3 Å². The van der Waals surface area contributed by atoms with Crippen molar-refractivity contribution >= 4 is 50.6 Å². The summed E-state index contributed by atoms with van der Waals surface area (Å²) in [5.74, 6) is 8.76. The molecule has 0 N–H and O–H groups in total. The summed E-state index contributed by atoms with van der Waals surface area (Å²) in [6, 6.07) is 45.5. The summed E-state index contributed by atoms with van der Waals surface area (Å²) in [4.78, 5) is 14.4. The average Bonchev–Trinajstić information content (AvgIpc) is 3.79. The van der Waals surface area contributed by atoms with E-state index in [-0.39, 0.29) is 25.5 Å². The van der Waals surface area contributed by atoms with Crippen molar-refractivity contribution in [2.45, 2.75) is 70.6 Å². The Kier molecular flexibility index (Phi) is 12.5. The van der Waals surface area contributed by atoms with Gasteiger partial charge >= 0.3 is 126 Å². The normalized spacial score (nSPS) is 11.8. The van der Waals surface area contributed by atoms with Crippen LogP contribution in [0.4, 0.5) is 0 Å². The van der Waals surface area contributed by atoms with Crippen molar-refractivity contribution in [3.8, 4) is 39.5 Å². The van der Waals surface area contributed by atoms with Crippen LogP contribution in [0.3, 0.4) is 0 Å². The minimum Gasteiger partial charge on any atom is -0.500 e. The number of nitrogens with zero attached hydrogens (tertiary/aromatic N) is 4. The number of hydrogen-bond donors (Lipinski definition) is 0. The van der Waals surface area contributed by atoms with E-state index >= 15 is 0 Å². The zero-order valence-corrected chi connectivity index (χ0v) is 40.5. The third-order valence-electron chi connectivity index (χ3n) is 10.8. The summed E-state index contributed by atoms with van der Waals surface area (Å²) in [6.45, 7) is 13.4. The summed E-state index contributed by atoms with van der Waals surface area (Å²) in [5.41, 5.74) is 13.7. The molecule has 305 valence electrons. The molecular formula is C53H52GeIrN4O-2. The third kappa shape index (κ3) is 8.83. The van der Waals surface area contributed by atoms with Gasteiger partial charge in [-0.25, -0.2) is 0 Å². The standard InChI is InChI=1S/C35H28N3O.C18H24GeN.Ir/c1-22-14-16-25-26-20-36-21-27(33(26)39-32(25)18-22)34-37-29-12-8-9-13-31(29)38(34)30-17-15-24(19-28(30)35(2,3)4)23-10-6-5-7-11-23;1-14(2)11-16-12-18(15-9-7-6-8-10-15)20-13-17(16)19(3,4)5;/h5-20H,1-4H3;6-9,12-14H,11H2,1-5H3;/q2*-1;. The minimum absolute atomic E-state index is 0. The van der Waals surface area contributed by atoms with E-state index in [9.17, 15) is 0 Å². The Morgan fingerprint density at radius 3 is 2.25 bits per heavy atom. The van der Waals surface area contributed by atoms with Gasteiger partial charge in [0, 0.05) is 31.2 Å². The molecule has 4 aromatic heterocycles. The molecule has 0 saturated heterocycles. The van der Waals surface area contributed by atoms with Crippen LogP contribution in [0.15, 0.2) is 138 Å². The maximum absolute atomic E-state index is 6.46. The monoisotopic (exact) mass is 1030 g/mol. The van der Waals surface area contributed by atoms with Gasteiger partial charge in [0.05, 0.1) is 22.4 Å². The van der Waals surface area contributed by atoms with E-state index in [1.807, 2.05) is 30.5 Å². The molecule has 9 rings (SSSR count). The van der Waals surface area contributed by atoms with Crippen LogP contribution < -0.4 is 4.40 Å². The second kappa shape index (κ2) is 17.5. The van der Waals surface area contributed by atoms with Crippen LogP contribution in [0.25, 0.3) is 72.4 Å². The molecule has 4 heterocycles. The second-order valence-corrected chi connectivity index (χ2v) is 28.6. The summed E-state index contributed by atoms with van der Waals surface area (Å²) in [7, 11) is 0. The molecule has 0 aliphatic rings. The van der Waals surface area contributed by atoms with Crippen molar-refractivity contribution in [2.75, 3.05) is 0 Å². The Balaban J connectivity index is 0.000000220. The topological polar surface area (TPSA) is 56.7 Å². The quantitative estimate of drug-likeness (QED) is 0.118. The molecule has 60 heavy (non-hydrogen) atoms. The summed E-state index contributed by atoms with van der Waals surface area (Å²) in [6.07, 6.45) is 8.35. The first-order chi connectivity index (χ1) is 28.3. The van der Waals surface area contributed by atoms with Crippen LogP contribution in [0.5, 0.6) is 0 Å². The van der Waals surface area contributed by atoms with Gasteiger partial charge in [-0.15, -0.1) is 0 Å². The van der Waals surface area contributed by atoms with E-state index in [1.54, 1.807) is 4.40 Å². The Hall–Kier alpha value is -5.14. The molecular weight excluding hydrogens is 973 g/mol. The maximum Gasteiger partial charge on any atom is 0.121 e. The molecule has 9 aromatic rings. The Morgan fingerprint density at radius 1 is 0.783 bits per heavy atom. The zero-order valence-electron chi connectivity index (χ0n) is 36.0. The van der Waals surface area contributed by atoms with Crippen LogP contribution >= 0.6 is 0 Å². The SMILES string of the molecule is CC(C)Cc1cc(-c2[c-]cccc2)nc[c]1[Ge]([CH3])([CH3])[CH3].Cc1ccc2c(c1)oc1c(-c3nc4ccccc4n3-c3ccc(-c4ccccc4)cc3C(C)(C)C)[c-]ncc12.[Ir]. The van der Waals surface area contributed by atoms with Gasteiger partial charge in [-0.1, -0.05) is 81.4 Å². The second-order valence-electron chi connectivity index (χ2n) is 18.0. The molecule has 5 aromatic carbocycles. The van der Waals surface area contributed by atoms with Crippen molar-refractivity contribution in [2.24, 2.45) is 5.92 Å². The van der Waals surface area contributed by atoms with Gasteiger partial charge in [0.15, 0.2) is 0 Å². The molecule has 5 nitrogen and oxygen atoms in total. The predicted molar refractivity (Wildman–Crippen MR) is 249 cm³/mol. The Labute approximate surface area is 371 Å². The number of rotatable bonds is 7. The molecule has 0 unspecified atom stereocenters. The largest absolute Gasteiger partial charge is 0.500 e. The number of para-hydroxylation sites is 2. The van der Waals surface area contributed by atoms with Crippen LogP contribution in [-0.2, 0) is 31.9 Å². The van der Waals surface area contributed by atoms with E-state index in [2.05, 4.69) is 184 Å². The number of hydrogen-bond acceptors (Lipinski definition) is 4. The number of imidazole rings is 1. The van der Waals surface area contributed by atoms with Gasteiger partial charge in [-0.3, -0.25) is 4.98 Å². The van der Waals surface area contributed by atoms with Crippen LogP contribution in [-0.4, -0.2) is 32.8 Å². The Bertz CT molecular complexity index is 2920. The molecule has 0 aliphatic carbocycles. The molecule has 0 bridgehead atoms. The molecule has 0 atom stereocenters. The van der Waals surface area contributed by atoms with Crippen LogP contribution in [0.2, 0.25) is 17.3 Å². The number of fused-ring (bicyclic) bond motifs is 4. The number of benzene rings is 5. The van der Waals surface area contributed by atoms with Crippen molar-refractivity contribution in [3.05, 3.63) is 163 Å². The third-order valence-corrected chi connectivity index (χ3v) is 15.2. The number of aryl methyl sites for hydroxylation is 1. The van der Waals surface area contributed by atoms with Crippen molar-refractivity contribution in [3.63, 3.8) is 0 Å². The molecule has 1 radical (unpaired) electrons. The fourth-order valence-electron chi connectivity index (χ4n) is 7.96. The molecule has 0 spiro atoms. The first-order valence-corrected chi connectivity index (χ1v) is 27.9. The average molecular weight is 1030 g/mol. The maximum atomic E-state index is 6.46.